The Bertz CT molecular complexity index is 328. The van der Waals surface area contributed by atoms with Gasteiger partial charge in [-0.1, -0.05) is 45.4 Å². The molecule has 0 bridgehead atoms. The van der Waals surface area contributed by atoms with Crippen LogP contribution in [0.15, 0.2) is 0 Å². The zero-order chi connectivity index (χ0) is 15.5. The van der Waals surface area contributed by atoms with Crippen molar-refractivity contribution in [3.8, 4) is 0 Å². The Hall–Kier alpha value is -0.170. The lowest BCUT2D eigenvalue weighted by atomic mass is 10.1. The Labute approximate surface area is 124 Å². The molecule has 0 aliphatic rings. The summed E-state index contributed by atoms with van der Waals surface area (Å²) in [5.74, 6) is -0.310. The standard InChI is InChI=1S/C14H31NO4S/c1-4-5-6-7-8-9-10-13-19-15(2,3)12-11-14-20(16,17)18/h4-14H2,1-3H3. The summed E-state index contributed by atoms with van der Waals surface area (Å²) in [6.45, 7) is 3.44. The van der Waals surface area contributed by atoms with E-state index >= 15 is 0 Å². The molecule has 0 spiro atoms. The maximum atomic E-state index is 10.5. The number of unbranched alkanes of at least 4 members (excludes halogenated alkanes) is 6. The van der Waals surface area contributed by atoms with Crippen LogP contribution in [0.2, 0.25) is 0 Å². The molecule has 0 amide bonds. The molecule has 0 atom stereocenters. The van der Waals surface area contributed by atoms with Gasteiger partial charge >= 0.3 is 0 Å². The van der Waals surface area contributed by atoms with Gasteiger partial charge in [0, 0.05) is 12.2 Å². The molecular formula is C14H31NO4S. The van der Waals surface area contributed by atoms with E-state index in [1.54, 1.807) is 0 Å². The second kappa shape index (κ2) is 10.5. The van der Waals surface area contributed by atoms with Crippen LogP contribution >= 0.6 is 0 Å². The molecule has 0 aromatic heterocycles. The van der Waals surface area contributed by atoms with Crippen LogP contribution in [-0.4, -0.2) is 50.6 Å². The molecule has 0 radical (unpaired) electrons. The minimum atomic E-state index is -4.10. The highest BCUT2D eigenvalue weighted by atomic mass is 32.2. The summed E-state index contributed by atoms with van der Waals surface area (Å²) in [6, 6.07) is 0. The van der Waals surface area contributed by atoms with Gasteiger partial charge in [-0.25, -0.2) is 13.3 Å². The molecule has 0 aromatic rings. The zero-order valence-corrected chi connectivity index (χ0v) is 14.1. The maximum Gasteiger partial charge on any atom is 0.109 e. The Kier molecular flexibility index (Phi) is 10.5. The van der Waals surface area contributed by atoms with Crippen molar-refractivity contribution >= 4 is 10.1 Å². The first kappa shape index (κ1) is 19.8. The van der Waals surface area contributed by atoms with Crippen molar-refractivity contribution in [2.75, 3.05) is 33.0 Å². The largest absolute Gasteiger partial charge is 0.748 e. The molecule has 0 aromatic carbocycles. The molecular weight excluding hydrogens is 278 g/mol. The third-order valence-electron chi connectivity index (χ3n) is 3.28. The Morgan fingerprint density at radius 2 is 1.50 bits per heavy atom. The van der Waals surface area contributed by atoms with Gasteiger partial charge in [0.25, 0.3) is 0 Å². The van der Waals surface area contributed by atoms with E-state index in [4.69, 9.17) is 4.84 Å². The predicted molar refractivity (Wildman–Crippen MR) is 80.1 cm³/mol. The fraction of sp³-hybridized carbons (Fsp3) is 1.00. The van der Waals surface area contributed by atoms with Crippen molar-refractivity contribution in [1.29, 1.82) is 0 Å². The fourth-order valence-corrected chi connectivity index (χ4v) is 2.54. The van der Waals surface area contributed by atoms with E-state index in [9.17, 15) is 13.0 Å². The van der Waals surface area contributed by atoms with Crippen LogP contribution in [0.4, 0.5) is 0 Å². The van der Waals surface area contributed by atoms with Crippen molar-refractivity contribution < 1.29 is 22.5 Å². The topological polar surface area (TPSA) is 66.4 Å². The highest BCUT2D eigenvalue weighted by Crippen LogP contribution is 2.09. The first-order valence-electron chi connectivity index (χ1n) is 7.68. The van der Waals surface area contributed by atoms with Crippen LogP contribution in [0.1, 0.15) is 58.3 Å². The third-order valence-corrected chi connectivity index (χ3v) is 4.07. The molecule has 0 heterocycles. The lowest BCUT2D eigenvalue weighted by Gasteiger charge is -2.27. The van der Waals surface area contributed by atoms with E-state index in [0.29, 0.717) is 24.2 Å². The Morgan fingerprint density at radius 1 is 0.950 bits per heavy atom. The highest BCUT2D eigenvalue weighted by Gasteiger charge is 2.16. The number of hydrogen-bond acceptors (Lipinski definition) is 4. The van der Waals surface area contributed by atoms with Gasteiger partial charge in [-0.2, -0.15) is 4.65 Å². The SMILES string of the molecule is CCCCCCCCCO[N+](C)(C)CCCS(=O)(=O)[O-]. The van der Waals surface area contributed by atoms with Gasteiger partial charge in [0.15, 0.2) is 0 Å². The molecule has 0 rings (SSSR count). The van der Waals surface area contributed by atoms with Crippen LogP contribution in [-0.2, 0) is 15.0 Å². The molecule has 20 heavy (non-hydrogen) atoms. The van der Waals surface area contributed by atoms with Gasteiger partial charge in [0.05, 0.1) is 24.2 Å². The second-order valence-electron chi connectivity index (χ2n) is 5.87. The molecule has 0 aliphatic heterocycles. The zero-order valence-electron chi connectivity index (χ0n) is 13.3. The molecule has 0 saturated heterocycles. The molecule has 0 saturated carbocycles. The van der Waals surface area contributed by atoms with Crippen LogP contribution < -0.4 is 0 Å². The second-order valence-corrected chi connectivity index (χ2v) is 7.39. The molecule has 122 valence electrons. The molecule has 5 nitrogen and oxygen atoms in total. The highest BCUT2D eigenvalue weighted by molar-refractivity contribution is 7.85. The van der Waals surface area contributed by atoms with Crippen molar-refractivity contribution in [2.24, 2.45) is 0 Å². The molecule has 0 fully saturated rings. The lowest BCUT2D eigenvalue weighted by molar-refractivity contribution is -1.08. The number of hydrogen-bond donors (Lipinski definition) is 0. The smallest absolute Gasteiger partial charge is 0.109 e. The van der Waals surface area contributed by atoms with E-state index in [-0.39, 0.29) is 5.75 Å². The first-order valence-corrected chi connectivity index (χ1v) is 9.26. The van der Waals surface area contributed by atoms with Crippen LogP contribution in [0, 0.1) is 0 Å². The minimum Gasteiger partial charge on any atom is -0.748 e. The summed E-state index contributed by atoms with van der Waals surface area (Å²) in [6.07, 6.45) is 9.03. The van der Waals surface area contributed by atoms with E-state index in [1.807, 2.05) is 14.1 Å². The van der Waals surface area contributed by atoms with Gasteiger partial charge in [0.1, 0.15) is 13.2 Å². The van der Waals surface area contributed by atoms with Gasteiger partial charge in [-0.3, -0.25) is 0 Å². The first-order chi connectivity index (χ1) is 9.27. The minimum absolute atomic E-state index is 0.310. The average molecular weight is 309 g/mol. The fourth-order valence-electron chi connectivity index (χ4n) is 2.06. The number of hydroxylamine groups is 3. The van der Waals surface area contributed by atoms with Gasteiger partial charge in [-0.15, -0.1) is 0 Å². The third kappa shape index (κ3) is 14.2. The Balaban J connectivity index is 3.52. The predicted octanol–water partition coefficient (Wildman–Crippen LogP) is 2.68. The lowest BCUT2D eigenvalue weighted by Crippen LogP contribution is -2.41. The number of quaternary nitrogens is 1. The molecule has 0 unspecified atom stereocenters. The summed E-state index contributed by atoms with van der Waals surface area (Å²) >= 11 is 0. The summed E-state index contributed by atoms with van der Waals surface area (Å²) in [7, 11) is -0.327. The van der Waals surface area contributed by atoms with Crippen molar-refractivity contribution in [3.63, 3.8) is 0 Å². The summed E-state index contributed by atoms with van der Waals surface area (Å²) in [4.78, 5) is 5.71. The van der Waals surface area contributed by atoms with Crippen LogP contribution in [0.5, 0.6) is 0 Å². The van der Waals surface area contributed by atoms with Crippen LogP contribution in [0.25, 0.3) is 0 Å². The average Bonchev–Trinajstić information content (AvgIpc) is 2.30. The molecule has 0 aliphatic carbocycles. The van der Waals surface area contributed by atoms with Crippen molar-refractivity contribution in [1.82, 2.24) is 0 Å². The van der Waals surface area contributed by atoms with Gasteiger partial charge in [0.2, 0.25) is 0 Å². The van der Waals surface area contributed by atoms with Gasteiger partial charge < -0.3 is 4.55 Å². The normalized spacial score (nSPS) is 12.8. The monoisotopic (exact) mass is 309 g/mol. The van der Waals surface area contributed by atoms with Crippen LogP contribution in [0.3, 0.4) is 0 Å². The van der Waals surface area contributed by atoms with Crippen molar-refractivity contribution in [2.45, 2.75) is 58.3 Å². The van der Waals surface area contributed by atoms with E-state index in [1.165, 1.54) is 38.5 Å². The van der Waals surface area contributed by atoms with Crippen molar-refractivity contribution in [3.05, 3.63) is 0 Å². The summed E-state index contributed by atoms with van der Waals surface area (Å²) in [5, 5.41) is 0. The molecule has 6 heteroatoms. The summed E-state index contributed by atoms with van der Waals surface area (Å²) in [5.41, 5.74) is 0. The molecule has 0 N–H and O–H groups in total. The summed E-state index contributed by atoms with van der Waals surface area (Å²) < 4.78 is 31.9. The van der Waals surface area contributed by atoms with Gasteiger partial charge in [-0.05, 0) is 6.42 Å². The number of nitrogens with zero attached hydrogens (tertiary/aromatic N) is 1. The maximum absolute atomic E-state index is 10.5. The van der Waals surface area contributed by atoms with E-state index < -0.39 is 10.1 Å². The quantitative estimate of drug-likeness (QED) is 0.227. The number of rotatable bonds is 13. The van der Waals surface area contributed by atoms with E-state index in [0.717, 1.165) is 6.42 Å². The van der Waals surface area contributed by atoms with E-state index in [2.05, 4.69) is 6.92 Å². The Morgan fingerprint density at radius 3 is 2.05 bits per heavy atom.